The van der Waals surface area contributed by atoms with E-state index in [1.54, 1.807) is 0 Å². The summed E-state index contributed by atoms with van der Waals surface area (Å²) >= 11 is 0. The minimum atomic E-state index is -1.18. The highest BCUT2D eigenvalue weighted by molar-refractivity contribution is 5.96. The van der Waals surface area contributed by atoms with Crippen LogP contribution in [0.25, 0.3) is 10.4 Å². The first-order valence-corrected chi connectivity index (χ1v) is 5.05. The number of benzene rings is 1. The molecule has 1 aromatic carbocycles. The number of oxime groups is 1. The molecular formula is C10H13N5O3. The Labute approximate surface area is 103 Å². The lowest BCUT2D eigenvalue weighted by Gasteiger charge is -2.16. The van der Waals surface area contributed by atoms with E-state index in [2.05, 4.69) is 15.2 Å². The molecule has 0 fully saturated rings. The Bertz CT molecular complexity index is 467. The zero-order chi connectivity index (χ0) is 13.5. The van der Waals surface area contributed by atoms with Crippen LogP contribution in [0.2, 0.25) is 0 Å². The van der Waals surface area contributed by atoms with Crippen molar-refractivity contribution in [3.63, 3.8) is 0 Å². The van der Waals surface area contributed by atoms with Crippen LogP contribution in [0, 0.1) is 0 Å². The Kier molecular flexibility index (Phi) is 4.94. The van der Waals surface area contributed by atoms with Crippen molar-refractivity contribution in [1.29, 1.82) is 0 Å². The van der Waals surface area contributed by atoms with Crippen LogP contribution in [0.15, 0.2) is 34.5 Å². The van der Waals surface area contributed by atoms with E-state index in [4.69, 9.17) is 16.5 Å². The quantitative estimate of drug-likeness (QED) is 0.114. The molecule has 0 bridgehead atoms. The fourth-order valence-corrected chi connectivity index (χ4v) is 1.35. The number of nitrogens with two attached hydrogens (primary N) is 1. The third kappa shape index (κ3) is 3.36. The van der Waals surface area contributed by atoms with Gasteiger partial charge in [0.05, 0.1) is 12.6 Å². The SMILES string of the molecule is [N-]=[N+]=NCC(O)C(O)c1ccc(C(N)=NO)cc1. The van der Waals surface area contributed by atoms with Gasteiger partial charge in [-0.05, 0) is 11.1 Å². The lowest BCUT2D eigenvalue weighted by atomic mass is 10.0. The van der Waals surface area contributed by atoms with Gasteiger partial charge in [0.2, 0.25) is 0 Å². The molecule has 1 aromatic rings. The van der Waals surface area contributed by atoms with Gasteiger partial charge in [0.1, 0.15) is 6.10 Å². The van der Waals surface area contributed by atoms with Crippen molar-refractivity contribution in [2.75, 3.05) is 6.54 Å². The summed E-state index contributed by atoms with van der Waals surface area (Å²) in [5.41, 5.74) is 14.4. The number of hydrogen-bond acceptors (Lipinski definition) is 5. The average Bonchev–Trinajstić information content (AvgIpc) is 2.43. The van der Waals surface area contributed by atoms with Crippen molar-refractivity contribution in [2.24, 2.45) is 16.0 Å². The Morgan fingerprint density at radius 3 is 2.44 bits per heavy atom. The standard InChI is InChI=1S/C10H13N5O3/c11-10(14-18)7-3-1-6(2-4-7)9(17)8(16)5-13-15-12/h1-4,8-9,16-18H,5H2,(H2,11,14). The second-order valence-corrected chi connectivity index (χ2v) is 3.53. The molecule has 0 aliphatic rings. The van der Waals surface area contributed by atoms with Crippen LogP contribution in [0.3, 0.4) is 0 Å². The zero-order valence-corrected chi connectivity index (χ0v) is 9.38. The number of azide groups is 1. The summed E-state index contributed by atoms with van der Waals surface area (Å²) in [6, 6.07) is 6.12. The summed E-state index contributed by atoms with van der Waals surface area (Å²) < 4.78 is 0. The second kappa shape index (κ2) is 6.45. The molecule has 0 aromatic heterocycles. The summed E-state index contributed by atoms with van der Waals surface area (Å²) in [6.07, 6.45) is -2.35. The van der Waals surface area contributed by atoms with Crippen LogP contribution in [0.5, 0.6) is 0 Å². The maximum atomic E-state index is 9.76. The molecule has 96 valence electrons. The van der Waals surface area contributed by atoms with E-state index in [0.29, 0.717) is 11.1 Å². The minimum absolute atomic E-state index is 0.0503. The van der Waals surface area contributed by atoms with Gasteiger partial charge in [-0.25, -0.2) is 0 Å². The van der Waals surface area contributed by atoms with Gasteiger partial charge in [-0.2, -0.15) is 0 Å². The molecule has 0 saturated carbocycles. The highest BCUT2D eigenvalue weighted by atomic mass is 16.4. The number of hydrogen-bond donors (Lipinski definition) is 4. The maximum absolute atomic E-state index is 9.76. The maximum Gasteiger partial charge on any atom is 0.170 e. The van der Waals surface area contributed by atoms with E-state index in [1.165, 1.54) is 24.3 Å². The summed E-state index contributed by atoms with van der Waals surface area (Å²) in [5, 5.41) is 33.8. The normalized spacial score (nSPS) is 14.7. The van der Waals surface area contributed by atoms with E-state index in [0.717, 1.165) is 0 Å². The number of rotatable bonds is 5. The average molecular weight is 251 g/mol. The van der Waals surface area contributed by atoms with Crippen LogP contribution in [0.4, 0.5) is 0 Å². The third-order valence-electron chi connectivity index (χ3n) is 2.35. The van der Waals surface area contributed by atoms with E-state index >= 15 is 0 Å². The van der Waals surface area contributed by atoms with Gasteiger partial charge in [-0.15, -0.1) is 0 Å². The molecule has 2 atom stereocenters. The minimum Gasteiger partial charge on any atom is -0.409 e. The van der Waals surface area contributed by atoms with Crippen molar-refractivity contribution in [3.05, 3.63) is 45.8 Å². The molecule has 0 radical (unpaired) electrons. The topological polar surface area (TPSA) is 148 Å². The number of amidine groups is 1. The van der Waals surface area contributed by atoms with Gasteiger partial charge < -0.3 is 21.2 Å². The summed E-state index contributed by atoms with van der Waals surface area (Å²) in [6.45, 7) is -0.223. The first-order valence-electron chi connectivity index (χ1n) is 5.05. The predicted octanol–water partition coefficient (Wildman–Crippen LogP) is 0.486. The van der Waals surface area contributed by atoms with Crippen molar-refractivity contribution in [1.82, 2.24) is 0 Å². The molecule has 0 spiro atoms. The Morgan fingerprint density at radius 2 is 1.94 bits per heavy atom. The molecule has 0 heterocycles. The smallest absolute Gasteiger partial charge is 0.170 e. The number of nitrogens with zero attached hydrogens (tertiary/aromatic N) is 4. The highest BCUT2D eigenvalue weighted by Crippen LogP contribution is 2.17. The molecule has 2 unspecified atom stereocenters. The Hall–Kier alpha value is -2.28. The van der Waals surface area contributed by atoms with Crippen molar-refractivity contribution >= 4 is 5.84 Å². The van der Waals surface area contributed by atoms with Gasteiger partial charge in [0.15, 0.2) is 5.84 Å². The fourth-order valence-electron chi connectivity index (χ4n) is 1.35. The Balaban J connectivity index is 2.81. The van der Waals surface area contributed by atoms with Gasteiger partial charge in [-0.3, -0.25) is 0 Å². The molecule has 0 saturated heterocycles. The number of aliphatic hydroxyl groups is 2. The van der Waals surface area contributed by atoms with Crippen molar-refractivity contribution in [2.45, 2.75) is 12.2 Å². The van der Waals surface area contributed by atoms with Crippen molar-refractivity contribution < 1.29 is 15.4 Å². The van der Waals surface area contributed by atoms with Crippen LogP contribution in [0.1, 0.15) is 17.2 Å². The zero-order valence-electron chi connectivity index (χ0n) is 9.38. The second-order valence-electron chi connectivity index (χ2n) is 3.53. The fraction of sp³-hybridized carbons (Fsp3) is 0.300. The first-order chi connectivity index (χ1) is 8.60. The third-order valence-corrected chi connectivity index (χ3v) is 2.35. The predicted molar refractivity (Wildman–Crippen MR) is 63.9 cm³/mol. The summed E-state index contributed by atoms with van der Waals surface area (Å²) in [4.78, 5) is 2.49. The molecule has 0 aliphatic heterocycles. The van der Waals surface area contributed by atoms with Gasteiger partial charge in [-0.1, -0.05) is 34.5 Å². The summed E-state index contributed by atoms with van der Waals surface area (Å²) in [5.74, 6) is -0.0503. The van der Waals surface area contributed by atoms with Gasteiger partial charge in [0.25, 0.3) is 0 Å². The highest BCUT2D eigenvalue weighted by Gasteiger charge is 2.17. The molecule has 0 aliphatic carbocycles. The molecule has 0 amide bonds. The van der Waals surface area contributed by atoms with E-state index in [1.807, 2.05) is 0 Å². The molecular weight excluding hydrogens is 238 g/mol. The van der Waals surface area contributed by atoms with Crippen LogP contribution in [-0.4, -0.2) is 33.9 Å². The van der Waals surface area contributed by atoms with Gasteiger partial charge in [0, 0.05) is 10.5 Å². The summed E-state index contributed by atoms with van der Waals surface area (Å²) in [7, 11) is 0. The molecule has 18 heavy (non-hydrogen) atoms. The Morgan fingerprint density at radius 1 is 1.33 bits per heavy atom. The van der Waals surface area contributed by atoms with E-state index in [9.17, 15) is 10.2 Å². The molecule has 8 nitrogen and oxygen atoms in total. The monoisotopic (exact) mass is 251 g/mol. The van der Waals surface area contributed by atoms with Gasteiger partial charge >= 0.3 is 0 Å². The molecule has 8 heteroatoms. The van der Waals surface area contributed by atoms with E-state index in [-0.39, 0.29) is 12.4 Å². The van der Waals surface area contributed by atoms with Crippen molar-refractivity contribution in [3.8, 4) is 0 Å². The van der Waals surface area contributed by atoms with Crippen LogP contribution >= 0.6 is 0 Å². The number of aliphatic hydroxyl groups excluding tert-OH is 2. The molecule has 1 rings (SSSR count). The largest absolute Gasteiger partial charge is 0.409 e. The van der Waals surface area contributed by atoms with Crippen LogP contribution < -0.4 is 5.73 Å². The molecule has 5 N–H and O–H groups in total. The lowest BCUT2D eigenvalue weighted by molar-refractivity contribution is 0.0244. The lowest BCUT2D eigenvalue weighted by Crippen LogP contribution is -2.21. The van der Waals surface area contributed by atoms with E-state index < -0.39 is 12.2 Å². The van der Waals surface area contributed by atoms with Crippen LogP contribution in [-0.2, 0) is 0 Å². The first kappa shape index (κ1) is 13.8.